The van der Waals surface area contributed by atoms with Gasteiger partial charge in [-0.25, -0.2) is 0 Å². The number of rotatable bonds is 0. The van der Waals surface area contributed by atoms with Crippen LogP contribution in [0.3, 0.4) is 0 Å². The lowest BCUT2D eigenvalue weighted by molar-refractivity contribution is 0.540. The third-order valence-corrected chi connectivity index (χ3v) is 3.84. The largest absolute Gasteiger partial charge is 0.113 e. The molecule has 2 fully saturated rings. The Hall–Kier alpha value is 0.130. The van der Waals surface area contributed by atoms with E-state index in [2.05, 4.69) is 14.2 Å². The Morgan fingerprint density at radius 2 is 1.58 bits per heavy atom. The summed E-state index contributed by atoms with van der Waals surface area (Å²) in [6.07, 6.45) is 9.50. The fourth-order valence-electron chi connectivity index (χ4n) is 2.64. The second-order valence-corrected chi connectivity index (χ2v) is 4.87. The normalized spacial score (nSPS) is 47.8. The standard InChI is InChI=1S/C10H17B2/c1-9-7-5-3-2-4-6-8-10(9,11)12-9/h2-8H2,1H3. The van der Waals surface area contributed by atoms with Crippen molar-refractivity contribution in [1.82, 2.24) is 0 Å². The molecule has 2 atom stereocenters. The Kier molecular flexibility index (Phi) is 2.05. The van der Waals surface area contributed by atoms with Gasteiger partial charge >= 0.3 is 0 Å². The quantitative estimate of drug-likeness (QED) is 0.476. The van der Waals surface area contributed by atoms with Gasteiger partial charge in [0.15, 0.2) is 0 Å². The summed E-state index contributed by atoms with van der Waals surface area (Å²) < 4.78 is 0. The Balaban J connectivity index is 1.99. The summed E-state index contributed by atoms with van der Waals surface area (Å²) >= 11 is 0. The van der Waals surface area contributed by atoms with Crippen LogP contribution >= 0.6 is 0 Å². The SMILES string of the molecule is [B]C12[B]C1(C)CCCCCCC2. The van der Waals surface area contributed by atoms with E-state index in [4.69, 9.17) is 7.85 Å². The lowest BCUT2D eigenvalue weighted by atomic mass is 9.67. The highest BCUT2D eigenvalue weighted by Crippen LogP contribution is 2.71. The van der Waals surface area contributed by atoms with Gasteiger partial charge in [-0.05, 0) is 0 Å². The van der Waals surface area contributed by atoms with E-state index >= 15 is 0 Å². The maximum absolute atomic E-state index is 6.27. The van der Waals surface area contributed by atoms with Gasteiger partial charge in [-0.2, -0.15) is 0 Å². The van der Waals surface area contributed by atoms with Crippen molar-refractivity contribution >= 4 is 15.1 Å². The predicted octanol–water partition coefficient (Wildman–Crippen LogP) is 2.91. The maximum atomic E-state index is 6.27. The third kappa shape index (κ3) is 1.34. The first-order valence-corrected chi connectivity index (χ1v) is 5.32. The van der Waals surface area contributed by atoms with Gasteiger partial charge in [-0.1, -0.05) is 62.4 Å². The van der Waals surface area contributed by atoms with E-state index < -0.39 is 0 Å². The molecular weight excluding hydrogens is 142 g/mol. The smallest absolute Gasteiger partial charge is 0.0922 e. The summed E-state index contributed by atoms with van der Waals surface area (Å²) in [6, 6.07) is 0. The zero-order chi connectivity index (χ0) is 8.66. The van der Waals surface area contributed by atoms with Crippen LogP contribution in [0.1, 0.15) is 51.9 Å². The molecule has 1 saturated carbocycles. The molecule has 0 aromatic carbocycles. The van der Waals surface area contributed by atoms with Crippen molar-refractivity contribution in [3.05, 3.63) is 0 Å². The van der Waals surface area contributed by atoms with Gasteiger partial charge in [0, 0.05) is 0 Å². The molecule has 3 radical (unpaired) electrons. The molecule has 1 saturated heterocycles. The highest BCUT2D eigenvalue weighted by atomic mass is 14.4. The molecule has 0 aromatic heterocycles. The van der Waals surface area contributed by atoms with Crippen LogP contribution in [0.4, 0.5) is 0 Å². The van der Waals surface area contributed by atoms with E-state index in [1.54, 1.807) is 0 Å². The summed E-state index contributed by atoms with van der Waals surface area (Å²) in [5, 5.41) is 0.522. The maximum Gasteiger partial charge on any atom is 0.113 e. The van der Waals surface area contributed by atoms with Crippen LogP contribution in [0.25, 0.3) is 0 Å². The minimum atomic E-state index is 0.122. The van der Waals surface area contributed by atoms with Crippen molar-refractivity contribution in [2.24, 2.45) is 0 Å². The number of hydrogen-bond acceptors (Lipinski definition) is 0. The molecule has 1 aliphatic carbocycles. The van der Waals surface area contributed by atoms with Gasteiger partial charge in [0.25, 0.3) is 0 Å². The van der Waals surface area contributed by atoms with Crippen molar-refractivity contribution in [2.75, 3.05) is 0 Å². The first kappa shape index (κ1) is 8.72. The van der Waals surface area contributed by atoms with E-state index in [0.29, 0.717) is 5.31 Å². The zero-order valence-corrected chi connectivity index (χ0v) is 8.10. The summed E-state index contributed by atoms with van der Waals surface area (Å²) in [5.41, 5.74) is 0. The van der Waals surface area contributed by atoms with Crippen molar-refractivity contribution < 1.29 is 0 Å². The molecule has 2 rings (SSSR count). The van der Waals surface area contributed by atoms with Gasteiger partial charge in [0.1, 0.15) is 7.28 Å². The fraction of sp³-hybridized carbons (Fsp3) is 1.00. The Bertz CT molecular complexity index is 163. The van der Waals surface area contributed by atoms with Crippen molar-refractivity contribution in [3.8, 4) is 0 Å². The van der Waals surface area contributed by atoms with Crippen LogP contribution in [-0.2, 0) is 0 Å². The average Bonchev–Trinajstić information content (AvgIpc) is 2.51. The molecule has 2 unspecified atom stereocenters. The van der Waals surface area contributed by atoms with Gasteiger partial charge in [0.2, 0.25) is 0 Å². The van der Waals surface area contributed by atoms with E-state index in [0.717, 1.165) is 0 Å². The molecule has 0 spiro atoms. The monoisotopic (exact) mass is 159 g/mol. The summed E-state index contributed by atoms with van der Waals surface area (Å²) in [5.74, 6) is 0. The molecule has 0 nitrogen and oxygen atoms in total. The van der Waals surface area contributed by atoms with Crippen LogP contribution in [0, 0.1) is 0 Å². The summed E-state index contributed by atoms with van der Waals surface area (Å²) in [6.45, 7) is 2.33. The van der Waals surface area contributed by atoms with E-state index in [9.17, 15) is 0 Å². The van der Waals surface area contributed by atoms with Crippen LogP contribution in [0.2, 0.25) is 10.5 Å². The first-order chi connectivity index (χ1) is 5.66. The van der Waals surface area contributed by atoms with Crippen LogP contribution in [0.15, 0.2) is 0 Å². The van der Waals surface area contributed by atoms with E-state index in [-0.39, 0.29) is 5.21 Å². The van der Waals surface area contributed by atoms with Crippen molar-refractivity contribution in [3.63, 3.8) is 0 Å². The lowest BCUT2D eigenvalue weighted by Crippen LogP contribution is -1.99. The van der Waals surface area contributed by atoms with Gasteiger partial charge in [-0.15, -0.1) is 0 Å². The molecule has 0 aromatic rings. The van der Waals surface area contributed by atoms with Gasteiger partial charge in [0.05, 0.1) is 7.85 Å². The first-order valence-electron chi connectivity index (χ1n) is 5.32. The van der Waals surface area contributed by atoms with E-state index in [1.165, 1.54) is 44.9 Å². The van der Waals surface area contributed by atoms with Crippen LogP contribution in [0.5, 0.6) is 0 Å². The van der Waals surface area contributed by atoms with Crippen LogP contribution in [-0.4, -0.2) is 15.1 Å². The van der Waals surface area contributed by atoms with Gasteiger partial charge in [-0.3, -0.25) is 0 Å². The molecule has 1 heterocycles. The fourth-order valence-corrected chi connectivity index (χ4v) is 2.64. The topological polar surface area (TPSA) is 0 Å². The second kappa shape index (κ2) is 2.82. The summed E-state index contributed by atoms with van der Waals surface area (Å²) in [4.78, 5) is 0. The molecule has 2 aliphatic rings. The van der Waals surface area contributed by atoms with Crippen molar-refractivity contribution in [1.29, 1.82) is 0 Å². The number of hydrogen-bond donors (Lipinski definition) is 0. The molecular formula is C10H17B2. The Morgan fingerprint density at radius 3 is 2.33 bits per heavy atom. The highest BCUT2D eigenvalue weighted by molar-refractivity contribution is 6.71. The lowest BCUT2D eigenvalue weighted by Gasteiger charge is -2.19. The molecule has 0 bridgehead atoms. The molecule has 2 heteroatoms. The van der Waals surface area contributed by atoms with Gasteiger partial charge < -0.3 is 0 Å². The molecule has 0 amide bonds. The average molecular weight is 159 g/mol. The Morgan fingerprint density at radius 1 is 1.00 bits per heavy atom. The zero-order valence-electron chi connectivity index (χ0n) is 8.10. The minimum absolute atomic E-state index is 0.122. The molecule has 63 valence electrons. The molecule has 1 aliphatic heterocycles. The predicted molar refractivity (Wildman–Crippen MR) is 54.9 cm³/mol. The van der Waals surface area contributed by atoms with Crippen molar-refractivity contribution in [2.45, 2.75) is 62.4 Å². The highest BCUT2D eigenvalue weighted by Gasteiger charge is 2.58. The third-order valence-electron chi connectivity index (χ3n) is 3.84. The van der Waals surface area contributed by atoms with E-state index in [1.807, 2.05) is 0 Å². The molecule has 0 N–H and O–H groups in total. The molecule has 12 heavy (non-hydrogen) atoms. The number of fused-ring (bicyclic) bond motifs is 1. The second-order valence-electron chi connectivity index (χ2n) is 4.87. The minimum Gasteiger partial charge on any atom is -0.0922 e. The van der Waals surface area contributed by atoms with Crippen LogP contribution < -0.4 is 0 Å². The Labute approximate surface area is 78.2 Å². The summed E-state index contributed by atoms with van der Waals surface area (Å²) in [7, 11) is 8.65.